The van der Waals surface area contributed by atoms with E-state index in [1.807, 2.05) is 41.3 Å². The molecule has 2 aromatic heterocycles. The van der Waals surface area contributed by atoms with E-state index >= 15 is 0 Å². The van der Waals surface area contributed by atoms with Crippen molar-refractivity contribution in [3.8, 4) is 11.4 Å². The first-order valence-corrected chi connectivity index (χ1v) is 12.0. The third-order valence-electron chi connectivity index (χ3n) is 6.56. The molecular weight excluding hydrogens is 460 g/mol. The molecule has 5 aromatic rings. The molecule has 8 heteroatoms. The van der Waals surface area contributed by atoms with E-state index in [0.29, 0.717) is 36.8 Å². The highest BCUT2D eigenvalue weighted by Gasteiger charge is 2.26. The predicted molar refractivity (Wildman–Crippen MR) is 138 cm³/mol. The Balaban J connectivity index is 1.39. The number of hydrogen-bond acceptors (Lipinski definition) is 5. The lowest BCUT2D eigenvalue weighted by atomic mass is 10.1. The lowest BCUT2D eigenvalue weighted by Crippen LogP contribution is -2.49. The summed E-state index contributed by atoms with van der Waals surface area (Å²) in [6.45, 7) is 4.58. The second-order valence-electron chi connectivity index (χ2n) is 8.71. The Bertz CT molecular complexity index is 1550. The fourth-order valence-corrected chi connectivity index (χ4v) is 4.79. The van der Waals surface area contributed by atoms with Gasteiger partial charge >= 0.3 is 0 Å². The highest BCUT2D eigenvalue weighted by molar-refractivity contribution is 6.30. The zero-order chi connectivity index (χ0) is 23.9. The molecule has 1 aliphatic rings. The Morgan fingerprint density at radius 2 is 1.57 bits per heavy atom. The largest absolute Gasteiger partial charge is 0.338 e. The third kappa shape index (κ3) is 3.78. The van der Waals surface area contributed by atoms with Crippen molar-refractivity contribution < 1.29 is 4.79 Å². The van der Waals surface area contributed by atoms with Crippen LogP contribution in [0.15, 0.2) is 72.8 Å². The van der Waals surface area contributed by atoms with Crippen molar-refractivity contribution >= 4 is 40.0 Å². The van der Waals surface area contributed by atoms with Crippen LogP contribution < -0.4 is 4.90 Å². The van der Waals surface area contributed by atoms with Gasteiger partial charge in [-0.2, -0.15) is 0 Å². The molecule has 0 atom stereocenters. The molecule has 3 aromatic carbocycles. The number of piperazine rings is 1. The molecule has 1 fully saturated rings. The molecule has 7 nitrogen and oxygen atoms in total. The molecule has 35 heavy (non-hydrogen) atoms. The van der Waals surface area contributed by atoms with Gasteiger partial charge in [-0.1, -0.05) is 48.0 Å². The number of carbonyl (C=O) groups excluding carboxylic acids is 1. The Kier molecular flexibility index (Phi) is 5.34. The monoisotopic (exact) mass is 482 g/mol. The number of nitrogens with zero attached hydrogens (tertiary/aromatic N) is 6. The molecule has 0 bridgehead atoms. The summed E-state index contributed by atoms with van der Waals surface area (Å²) in [4.78, 5) is 22.1. The van der Waals surface area contributed by atoms with Gasteiger partial charge in [0.25, 0.3) is 5.91 Å². The molecule has 1 aliphatic heterocycles. The normalized spacial score (nSPS) is 14.1. The van der Waals surface area contributed by atoms with Crippen LogP contribution >= 0.6 is 11.6 Å². The number of rotatable bonds is 3. The second kappa shape index (κ2) is 8.67. The van der Waals surface area contributed by atoms with Crippen molar-refractivity contribution in [2.24, 2.45) is 0 Å². The number of aromatic nitrogens is 4. The quantitative estimate of drug-likeness (QED) is 0.367. The number of para-hydroxylation sites is 1. The number of halogens is 1. The van der Waals surface area contributed by atoms with Crippen LogP contribution in [0.3, 0.4) is 0 Å². The van der Waals surface area contributed by atoms with Crippen molar-refractivity contribution in [2.45, 2.75) is 6.92 Å². The fourth-order valence-electron chi connectivity index (χ4n) is 4.66. The molecule has 0 N–H and O–H groups in total. The Labute approximate surface area is 207 Å². The van der Waals surface area contributed by atoms with Crippen molar-refractivity contribution in [1.82, 2.24) is 24.5 Å². The molecule has 174 valence electrons. The van der Waals surface area contributed by atoms with E-state index in [2.05, 4.69) is 38.6 Å². The van der Waals surface area contributed by atoms with Gasteiger partial charge in [-0.25, -0.2) is 9.38 Å². The standard InChI is InChI=1S/C27H23ClN6O/c1-18-6-2-3-7-21(18)24-30-31-25-22-8-4-5-9-23(22)29-27(34(24)25)33-16-14-32(15-17-33)26(35)19-10-12-20(28)13-11-19/h2-13H,14-17H2,1H3. The highest BCUT2D eigenvalue weighted by atomic mass is 35.5. The van der Waals surface area contributed by atoms with E-state index in [1.165, 1.54) is 0 Å². The molecule has 1 amide bonds. The summed E-state index contributed by atoms with van der Waals surface area (Å²) >= 11 is 5.98. The van der Waals surface area contributed by atoms with Crippen LogP contribution in [-0.4, -0.2) is 56.6 Å². The van der Waals surface area contributed by atoms with Gasteiger partial charge in [-0.15, -0.1) is 10.2 Å². The summed E-state index contributed by atoms with van der Waals surface area (Å²) in [5.41, 5.74) is 4.45. The van der Waals surface area contributed by atoms with Gasteiger partial charge in [-0.3, -0.25) is 4.79 Å². The Morgan fingerprint density at radius 3 is 2.34 bits per heavy atom. The van der Waals surface area contributed by atoms with Crippen molar-refractivity contribution in [1.29, 1.82) is 0 Å². The number of carbonyl (C=O) groups is 1. The summed E-state index contributed by atoms with van der Waals surface area (Å²) in [6.07, 6.45) is 0. The van der Waals surface area contributed by atoms with Crippen molar-refractivity contribution in [3.05, 3.63) is 88.9 Å². The van der Waals surface area contributed by atoms with Crippen LogP contribution in [-0.2, 0) is 0 Å². The molecule has 0 radical (unpaired) electrons. The maximum Gasteiger partial charge on any atom is 0.253 e. The lowest BCUT2D eigenvalue weighted by molar-refractivity contribution is 0.0746. The average Bonchev–Trinajstić information content (AvgIpc) is 3.34. The second-order valence-corrected chi connectivity index (χ2v) is 9.15. The molecule has 0 saturated carbocycles. The maximum atomic E-state index is 13.0. The molecular formula is C27H23ClN6O. The topological polar surface area (TPSA) is 66.6 Å². The van der Waals surface area contributed by atoms with Gasteiger partial charge in [0, 0.05) is 47.7 Å². The molecule has 0 spiro atoms. The van der Waals surface area contributed by atoms with E-state index in [4.69, 9.17) is 16.6 Å². The smallest absolute Gasteiger partial charge is 0.253 e. The van der Waals surface area contributed by atoms with Crippen LogP contribution in [0.5, 0.6) is 0 Å². The minimum Gasteiger partial charge on any atom is -0.338 e. The molecule has 1 saturated heterocycles. The number of fused-ring (bicyclic) bond motifs is 3. The van der Waals surface area contributed by atoms with Gasteiger partial charge in [0.2, 0.25) is 5.95 Å². The Hall–Kier alpha value is -3.97. The van der Waals surface area contributed by atoms with Gasteiger partial charge in [-0.05, 0) is 48.9 Å². The van der Waals surface area contributed by atoms with Crippen LogP contribution in [0, 0.1) is 6.92 Å². The summed E-state index contributed by atoms with van der Waals surface area (Å²) < 4.78 is 2.06. The molecule has 6 rings (SSSR count). The minimum absolute atomic E-state index is 0.0165. The zero-order valence-electron chi connectivity index (χ0n) is 19.2. The first kappa shape index (κ1) is 21.6. The van der Waals surface area contributed by atoms with Crippen LogP contribution in [0.2, 0.25) is 5.02 Å². The van der Waals surface area contributed by atoms with Crippen molar-refractivity contribution in [3.63, 3.8) is 0 Å². The summed E-state index contributed by atoms with van der Waals surface area (Å²) in [7, 11) is 0. The van der Waals surface area contributed by atoms with E-state index < -0.39 is 0 Å². The number of anilines is 1. The van der Waals surface area contributed by atoms with Crippen LogP contribution in [0.25, 0.3) is 27.9 Å². The lowest BCUT2D eigenvalue weighted by Gasteiger charge is -2.35. The Morgan fingerprint density at radius 1 is 0.857 bits per heavy atom. The first-order chi connectivity index (χ1) is 17.1. The molecule has 0 aliphatic carbocycles. The highest BCUT2D eigenvalue weighted by Crippen LogP contribution is 2.30. The van der Waals surface area contributed by atoms with E-state index in [1.54, 1.807) is 24.3 Å². The predicted octanol–water partition coefficient (Wildman–Crippen LogP) is 4.87. The first-order valence-electron chi connectivity index (χ1n) is 11.6. The van der Waals surface area contributed by atoms with E-state index in [-0.39, 0.29) is 5.91 Å². The third-order valence-corrected chi connectivity index (χ3v) is 6.81. The molecule has 3 heterocycles. The van der Waals surface area contributed by atoms with E-state index in [9.17, 15) is 4.79 Å². The summed E-state index contributed by atoms with van der Waals surface area (Å²) in [6, 6.07) is 23.2. The minimum atomic E-state index is 0.0165. The maximum absolute atomic E-state index is 13.0. The van der Waals surface area contributed by atoms with Gasteiger partial charge in [0.05, 0.1) is 5.52 Å². The van der Waals surface area contributed by atoms with Crippen LogP contribution in [0.4, 0.5) is 5.95 Å². The zero-order valence-corrected chi connectivity index (χ0v) is 20.0. The van der Waals surface area contributed by atoms with Gasteiger partial charge in [0.1, 0.15) is 0 Å². The number of benzene rings is 3. The average molecular weight is 483 g/mol. The fraction of sp³-hybridized carbons (Fsp3) is 0.185. The molecule has 0 unspecified atom stereocenters. The number of amides is 1. The number of aryl methyl sites for hydroxylation is 1. The number of hydrogen-bond donors (Lipinski definition) is 0. The van der Waals surface area contributed by atoms with Gasteiger partial charge in [0.15, 0.2) is 11.5 Å². The SMILES string of the molecule is Cc1ccccc1-c1nnc2c3ccccc3nc(N3CCN(C(=O)c4ccc(Cl)cc4)CC3)n12. The van der Waals surface area contributed by atoms with Gasteiger partial charge < -0.3 is 9.80 Å². The summed E-state index contributed by atoms with van der Waals surface area (Å²) in [5, 5.41) is 10.8. The summed E-state index contributed by atoms with van der Waals surface area (Å²) in [5.74, 6) is 1.58. The van der Waals surface area contributed by atoms with Crippen molar-refractivity contribution in [2.75, 3.05) is 31.1 Å². The van der Waals surface area contributed by atoms with E-state index in [0.717, 1.165) is 39.4 Å². The van der Waals surface area contributed by atoms with Crippen LogP contribution in [0.1, 0.15) is 15.9 Å².